The minimum absolute atomic E-state index is 0.0770. The molecule has 1 fully saturated rings. The predicted molar refractivity (Wildman–Crippen MR) is 180 cm³/mol. The number of hydrogen-bond donors (Lipinski definition) is 4. The molecule has 246 valence electrons. The first-order valence-electron chi connectivity index (χ1n) is 16.1. The number of carboxylic acid groups (broad SMARTS) is 1. The monoisotopic (exact) mass is 638 g/mol. The highest BCUT2D eigenvalue weighted by Crippen LogP contribution is 2.32. The molecule has 0 spiro atoms. The quantitative estimate of drug-likeness (QED) is 0.138. The maximum absolute atomic E-state index is 13.8. The number of aromatic amines is 1. The van der Waals surface area contributed by atoms with Crippen LogP contribution in [0.1, 0.15) is 68.8 Å². The molecule has 4 N–H and O–H groups in total. The smallest absolute Gasteiger partial charge is 0.407 e. The van der Waals surface area contributed by atoms with Crippen molar-refractivity contribution in [2.75, 3.05) is 11.9 Å². The van der Waals surface area contributed by atoms with Crippen LogP contribution in [0.15, 0.2) is 72.9 Å². The van der Waals surface area contributed by atoms with E-state index >= 15 is 0 Å². The molecule has 0 unspecified atom stereocenters. The number of aromatic nitrogens is 2. The SMILES string of the molecule is CC(C)(C)OC(=O)NCC1CCC(C(=O)C[C@@H](Cc2cccc(-c3ccc(C(=O)O)cc3)c2)C(=O)Nc2ccc3cn[nH]c3c2)CC1. The summed E-state index contributed by atoms with van der Waals surface area (Å²) in [5, 5.41) is 23.0. The lowest BCUT2D eigenvalue weighted by Crippen LogP contribution is -2.37. The normalized spacial score (nSPS) is 17.1. The molecule has 2 amide bonds. The lowest BCUT2D eigenvalue weighted by Gasteiger charge is -2.29. The number of benzene rings is 3. The molecular weight excluding hydrogens is 596 g/mol. The summed E-state index contributed by atoms with van der Waals surface area (Å²) in [7, 11) is 0. The Balaban J connectivity index is 1.26. The topological polar surface area (TPSA) is 150 Å². The number of amides is 2. The number of ether oxygens (including phenoxy) is 1. The van der Waals surface area contributed by atoms with Crippen molar-refractivity contribution in [3.8, 4) is 11.1 Å². The largest absolute Gasteiger partial charge is 0.478 e. The van der Waals surface area contributed by atoms with Crippen LogP contribution >= 0.6 is 0 Å². The highest BCUT2D eigenvalue weighted by Gasteiger charge is 2.31. The molecule has 1 saturated carbocycles. The summed E-state index contributed by atoms with van der Waals surface area (Å²) in [6, 6.07) is 20.0. The van der Waals surface area contributed by atoms with Crippen molar-refractivity contribution in [3.05, 3.63) is 84.1 Å². The second-order valence-corrected chi connectivity index (χ2v) is 13.4. The number of H-pyrrole nitrogens is 1. The van der Waals surface area contributed by atoms with Crippen LogP contribution in [0.3, 0.4) is 0 Å². The van der Waals surface area contributed by atoms with E-state index in [1.165, 1.54) is 0 Å². The number of fused-ring (bicyclic) bond motifs is 1. The van der Waals surface area contributed by atoms with E-state index in [2.05, 4.69) is 20.8 Å². The van der Waals surface area contributed by atoms with Gasteiger partial charge in [0.2, 0.25) is 5.91 Å². The van der Waals surface area contributed by atoms with Crippen molar-refractivity contribution in [2.45, 2.75) is 64.9 Å². The Morgan fingerprint density at radius 2 is 1.70 bits per heavy atom. The van der Waals surface area contributed by atoms with Gasteiger partial charge in [0, 0.05) is 35.9 Å². The molecule has 47 heavy (non-hydrogen) atoms. The first kappa shape index (κ1) is 33.4. The number of nitrogens with zero attached hydrogens (tertiary/aromatic N) is 1. The molecule has 1 atom stereocenters. The summed E-state index contributed by atoms with van der Waals surface area (Å²) in [5.41, 5.74) is 3.73. The summed E-state index contributed by atoms with van der Waals surface area (Å²) >= 11 is 0. The number of anilines is 1. The van der Waals surface area contributed by atoms with Crippen LogP contribution in [0.4, 0.5) is 10.5 Å². The minimum atomic E-state index is -0.985. The van der Waals surface area contributed by atoms with Gasteiger partial charge in [-0.2, -0.15) is 5.10 Å². The second kappa shape index (κ2) is 14.6. The van der Waals surface area contributed by atoms with Crippen molar-refractivity contribution in [1.29, 1.82) is 0 Å². The second-order valence-electron chi connectivity index (χ2n) is 13.4. The number of aromatic carboxylic acids is 1. The van der Waals surface area contributed by atoms with Crippen LogP contribution in [0.25, 0.3) is 22.0 Å². The third kappa shape index (κ3) is 9.28. The number of hydrogen-bond acceptors (Lipinski definition) is 6. The fourth-order valence-corrected chi connectivity index (χ4v) is 6.12. The van der Waals surface area contributed by atoms with Gasteiger partial charge in [0.1, 0.15) is 11.4 Å². The molecule has 10 nitrogen and oxygen atoms in total. The lowest BCUT2D eigenvalue weighted by atomic mass is 9.77. The molecule has 4 aromatic rings. The fourth-order valence-electron chi connectivity index (χ4n) is 6.12. The van der Waals surface area contributed by atoms with Crippen LogP contribution in [-0.4, -0.2) is 51.2 Å². The van der Waals surface area contributed by atoms with E-state index in [4.69, 9.17) is 4.74 Å². The van der Waals surface area contributed by atoms with Gasteiger partial charge in [0.05, 0.1) is 17.3 Å². The van der Waals surface area contributed by atoms with Gasteiger partial charge in [-0.15, -0.1) is 0 Å². The summed E-state index contributed by atoms with van der Waals surface area (Å²) in [6.45, 7) is 5.99. The zero-order valence-electron chi connectivity index (χ0n) is 27.0. The Hall–Kier alpha value is -4.99. The number of carboxylic acids is 1. The van der Waals surface area contributed by atoms with Crippen LogP contribution in [0.2, 0.25) is 0 Å². The zero-order valence-corrected chi connectivity index (χ0v) is 27.0. The number of alkyl carbamates (subject to hydrolysis) is 1. The van der Waals surface area contributed by atoms with Crippen molar-refractivity contribution >= 4 is 40.3 Å². The minimum Gasteiger partial charge on any atom is -0.478 e. The number of ketones is 1. The van der Waals surface area contributed by atoms with E-state index in [1.54, 1.807) is 30.5 Å². The number of rotatable bonds is 11. The van der Waals surface area contributed by atoms with Gasteiger partial charge in [-0.3, -0.25) is 14.7 Å². The van der Waals surface area contributed by atoms with E-state index in [1.807, 2.05) is 63.2 Å². The molecule has 1 heterocycles. The summed E-state index contributed by atoms with van der Waals surface area (Å²) in [6.07, 6.45) is 4.82. The summed E-state index contributed by atoms with van der Waals surface area (Å²) < 4.78 is 5.34. The van der Waals surface area contributed by atoms with Crippen molar-refractivity contribution < 1.29 is 29.0 Å². The third-order valence-corrected chi connectivity index (χ3v) is 8.64. The van der Waals surface area contributed by atoms with Crippen LogP contribution in [-0.2, 0) is 20.7 Å². The van der Waals surface area contributed by atoms with Crippen LogP contribution in [0, 0.1) is 17.8 Å². The Labute approximate surface area is 274 Å². The van der Waals surface area contributed by atoms with Gasteiger partial charge in [0.25, 0.3) is 0 Å². The van der Waals surface area contributed by atoms with E-state index in [9.17, 15) is 24.3 Å². The first-order chi connectivity index (χ1) is 22.4. The standard InChI is InChI=1S/C37H42N4O6/c1-37(2,3)47-36(46)38-21-23-7-9-26(10-8-23)33(42)19-30(34(43)40-31-16-15-29-22-39-41-32(29)20-31)18-24-5-4-6-28(17-24)25-11-13-27(14-12-25)35(44)45/h4-6,11-17,20,22-23,26,30H,7-10,18-19,21H2,1-3H3,(H,38,46)(H,39,41)(H,40,43)(H,44,45)/t23?,26?,30-/m1/s1. The van der Waals surface area contributed by atoms with Gasteiger partial charge in [-0.05, 0) is 106 Å². The van der Waals surface area contributed by atoms with Crippen molar-refractivity contribution in [2.24, 2.45) is 17.8 Å². The molecule has 1 aromatic heterocycles. The highest BCUT2D eigenvalue weighted by atomic mass is 16.6. The maximum Gasteiger partial charge on any atom is 0.407 e. The molecule has 0 saturated heterocycles. The van der Waals surface area contributed by atoms with Gasteiger partial charge in [-0.25, -0.2) is 9.59 Å². The van der Waals surface area contributed by atoms with E-state index < -0.39 is 23.6 Å². The Bertz CT molecular complexity index is 1730. The average molecular weight is 639 g/mol. The molecule has 0 aliphatic heterocycles. The molecule has 1 aliphatic rings. The van der Waals surface area contributed by atoms with Crippen molar-refractivity contribution in [3.63, 3.8) is 0 Å². The van der Waals surface area contributed by atoms with Crippen LogP contribution < -0.4 is 10.6 Å². The molecular formula is C37H42N4O6. The Morgan fingerprint density at radius 1 is 0.957 bits per heavy atom. The molecule has 10 heteroatoms. The first-order valence-corrected chi connectivity index (χ1v) is 16.1. The maximum atomic E-state index is 13.8. The molecule has 5 rings (SSSR count). The number of nitrogens with one attached hydrogen (secondary N) is 3. The zero-order chi connectivity index (χ0) is 33.6. The van der Waals surface area contributed by atoms with Crippen LogP contribution in [0.5, 0.6) is 0 Å². The summed E-state index contributed by atoms with van der Waals surface area (Å²) in [5.74, 6) is -1.60. The molecule has 0 bridgehead atoms. The predicted octanol–water partition coefficient (Wildman–Crippen LogP) is 7.02. The molecule has 0 radical (unpaired) electrons. The molecule has 1 aliphatic carbocycles. The Kier molecular flexibility index (Phi) is 10.4. The summed E-state index contributed by atoms with van der Waals surface area (Å²) in [4.78, 5) is 50.8. The third-order valence-electron chi connectivity index (χ3n) is 8.64. The number of carbonyl (C=O) groups is 4. The molecule has 3 aromatic carbocycles. The Morgan fingerprint density at radius 3 is 2.40 bits per heavy atom. The van der Waals surface area contributed by atoms with Gasteiger partial charge in [-0.1, -0.05) is 36.4 Å². The van der Waals surface area contributed by atoms with Gasteiger partial charge < -0.3 is 20.5 Å². The van der Waals surface area contributed by atoms with E-state index in [0.717, 1.165) is 40.4 Å². The lowest BCUT2D eigenvalue weighted by molar-refractivity contribution is -0.129. The number of Topliss-reactive ketones (excluding diaryl/α,β-unsaturated/α-hetero) is 1. The highest BCUT2D eigenvalue weighted by molar-refractivity contribution is 5.97. The number of carbonyl (C=O) groups excluding carboxylic acids is 3. The van der Waals surface area contributed by atoms with Gasteiger partial charge in [0.15, 0.2) is 0 Å². The fraction of sp³-hybridized carbons (Fsp3) is 0.378. The average Bonchev–Trinajstić information content (AvgIpc) is 3.51. The van der Waals surface area contributed by atoms with E-state index in [-0.39, 0.29) is 35.5 Å². The van der Waals surface area contributed by atoms with E-state index in [0.29, 0.717) is 31.5 Å². The van der Waals surface area contributed by atoms with Crippen molar-refractivity contribution in [1.82, 2.24) is 15.5 Å². The van der Waals surface area contributed by atoms with Gasteiger partial charge >= 0.3 is 12.1 Å².